The number of nitrogens with zero attached hydrogens (tertiary/aromatic N) is 4. The minimum Gasteiger partial charge on any atom is -0.390 e. The monoisotopic (exact) mass is 261 g/mol. The largest absolute Gasteiger partial charge is 0.390 e. The Balaban J connectivity index is 1.79. The van der Waals surface area contributed by atoms with Crippen molar-refractivity contribution in [3.05, 3.63) is 12.7 Å². The number of aliphatic hydroxyl groups excluding tert-OH is 1. The first kappa shape index (κ1) is 11.1. The van der Waals surface area contributed by atoms with Crippen molar-refractivity contribution < 1.29 is 9.84 Å². The van der Waals surface area contributed by atoms with E-state index >= 15 is 0 Å². The van der Waals surface area contributed by atoms with Crippen LogP contribution in [-0.4, -0.2) is 36.8 Å². The Morgan fingerprint density at radius 1 is 1.42 bits per heavy atom. The van der Waals surface area contributed by atoms with Crippen LogP contribution >= 0.6 is 0 Å². The van der Waals surface area contributed by atoms with Crippen molar-refractivity contribution in [2.45, 2.75) is 32.3 Å². The standard InChI is InChI=1S/C12H15N5O2/c1-5-11(19-8-7(18)12(5,8)2)17-4-16-6-9(13)14-3-15-10(6)17/h3-5,7-8,11,18H,1-2H3,(H2,13,14,15)/t5-,7?,8+,11+,12-/m0/s1. The molecule has 0 amide bonds. The highest BCUT2D eigenvalue weighted by Crippen LogP contribution is 2.63. The van der Waals surface area contributed by atoms with Gasteiger partial charge in [-0.15, -0.1) is 0 Å². The smallest absolute Gasteiger partial charge is 0.167 e. The van der Waals surface area contributed by atoms with Gasteiger partial charge < -0.3 is 15.6 Å². The number of imidazole rings is 1. The highest BCUT2D eigenvalue weighted by Gasteiger charge is 2.72. The molecule has 7 nitrogen and oxygen atoms in total. The summed E-state index contributed by atoms with van der Waals surface area (Å²) in [6.45, 7) is 4.13. The maximum Gasteiger partial charge on any atom is 0.167 e. The van der Waals surface area contributed by atoms with E-state index in [-0.39, 0.29) is 29.8 Å². The van der Waals surface area contributed by atoms with Crippen LogP contribution in [0, 0.1) is 11.3 Å². The third kappa shape index (κ3) is 1.17. The summed E-state index contributed by atoms with van der Waals surface area (Å²) in [7, 11) is 0. The molecule has 3 heterocycles. The Bertz CT molecular complexity index is 671. The summed E-state index contributed by atoms with van der Waals surface area (Å²) in [6.07, 6.45) is 2.47. The number of anilines is 1. The van der Waals surface area contributed by atoms with Gasteiger partial charge in [-0.05, 0) is 0 Å². The minimum atomic E-state index is -0.367. The summed E-state index contributed by atoms with van der Waals surface area (Å²) < 4.78 is 7.80. The molecule has 3 N–H and O–H groups in total. The van der Waals surface area contributed by atoms with Crippen LogP contribution in [0.5, 0.6) is 0 Å². The lowest BCUT2D eigenvalue weighted by molar-refractivity contribution is -0.0320. The van der Waals surface area contributed by atoms with Gasteiger partial charge in [0, 0.05) is 11.3 Å². The van der Waals surface area contributed by atoms with Gasteiger partial charge in [0.25, 0.3) is 0 Å². The maximum atomic E-state index is 9.85. The van der Waals surface area contributed by atoms with Crippen molar-refractivity contribution >= 4 is 17.0 Å². The molecule has 0 spiro atoms. The number of aromatic nitrogens is 4. The number of rotatable bonds is 1. The van der Waals surface area contributed by atoms with Crippen LogP contribution in [-0.2, 0) is 4.74 Å². The summed E-state index contributed by atoms with van der Waals surface area (Å²) >= 11 is 0. The second kappa shape index (κ2) is 3.23. The van der Waals surface area contributed by atoms with E-state index in [1.54, 1.807) is 6.33 Å². The van der Waals surface area contributed by atoms with Crippen LogP contribution in [0.3, 0.4) is 0 Å². The van der Waals surface area contributed by atoms with E-state index < -0.39 is 0 Å². The van der Waals surface area contributed by atoms with Crippen LogP contribution in [0.2, 0.25) is 0 Å². The zero-order valence-corrected chi connectivity index (χ0v) is 10.7. The third-order valence-electron chi connectivity index (χ3n) is 4.78. The van der Waals surface area contributed by atoms with Gasteiger partial charge in [0.15, 0.2) is 11.5 Å². The van der Waals surface area contributed by atoms with Crippen molar-refractivity contribution in [1.82, 2.24) is 19.5 Å². The second-order valence-corrected chi connectivity index (χ2v) is 5.63. The summed E-state index contributed by atoms with van der Waals surface area (Å²) in [4.78, 5) is 12.4. The lowest BCUT2D eigenvalue weighted by atomic mass is 9.92. The summed E-state index contributed by atoms with van der Waals surface area (Å²) in [6, 6.07) is 0. The van der Waals surface area contributed by atoms with Crippen molar-refractivity contribution in [2.24, 2.45) is 11.3 Å². The first-order chi connectivity index (χ1) is 9.05. The average Bonchev–Trinajstić information content (AvgIpc) is 2.74. The van der Waals surface area contributed by atoms with Crippen LogP contribution in [0.25, 0.3) is 11.2 Å². The molecular weight excluding hydrogens is 246 g/mol. The van der Waals surface area contributed by atoms with Crippen molar-refractivity contribution in [1.29, 1.82) is 0 Å². The van der Waals surface area contributed by atoms with E-state index in [0.29, 0.717) is 17.0 Å². The number of hydrogen-bond acceptors (Lipinski definition) is 6. The number of ether oxygens (including phenoxy) is 1. The SMILES string of the molecule is C[C@H]1[C@H](n2cnc3c(N)ncnc32)O[C@@H]2C(O)[C@@]21C. The fourth-order valence-corrected chi connectivity index (χ4v) is 3.16. The first-order valence-electron chi connectivity index (χ1n) is 6.31. The molecule has 0 radical (unpaired) electrons. The Labute approximate surface area is 109 Å². The molecule has 1 aliphatic heterocycles. The molecule has 2 aliphatic rings. The van der Waals surface area contributed by atoms with Gasteiger partial charge >= 0.3 is 0 Å². The van der Waals surface area contributed by atoms with E-state index in [1.807, 2.05) is 4.57 Å². The molecule has 19 heavy (non-hydrogen) atoms. The van der Waals surface area contributed by atoms with Gasteiger partial charge in [0.2, 0.25) is 0 Å². The van der Waals surface area contributed by atoms with Gasteiger partial charge in [0.05, 0.1) is 18.5 Å². The average molecular weight is 261 g/mol. The van der Waals surface area contributed by atoms with Crippen LogP contribution in [0.15, 0.2) is 12.7 Å². The molecule has 1 unspecified atom stereocenters. The van der Waals surface area contributed by atoms with E-state index in [0.717, 1.165) is 0 Å². The molecule has 1 aliphatic carbocycles. The number of hydrogen-bond donors (Lipinski definition) is 2. The lowest BCUT2D eigenvalue weighted by Crippen LogP contribution is -2.23. The summed E-state index contributed by atoms with van der Waals surface area (Å²) in [5.74, 6) is 0.548. The maximum absolute atomic E-state index is 9.85. The van der Waals surface area contributed by atoms with E-state index in [9.17, 15) is 5.11 Å². The highest BCUT2D eigenvalue weighted by molar-refractivity contribution is 5.81. The minimum absolute atomic E-state index is 0.0934. The third-order valence-corrected chi connectivity index (χ3v) is 4.78. The van der Waals surface area contributed by atoms with Crippen molar-refractivity contribution in [2.75, 3.05) is 5.73 Å². The van der Waals surface area contributed by atoms with Gasteiger partial charge in [-0.2, -0.15) is 0 Å². The summed E-state index contributed by atoms with van der Waals surface area (Å²) in [5, 5.41) is 9.85. The topological polar surface area (TPSA) is 99.1 Å². The van der Waals surface area contributed by atoms with Crippen molar-refractivity contribution in [3.8, 4) is 0 Å². The molecular formula is C12H15N5O2. The molecule has 0 aromatic carbocycles. The van der Waals surface area contributed by atoms with E-state index in [1.165, 1.54) is 6.33 Å². The molecule has 100 valence electrons. The molecule has 1 saturated heterocycles. The number of nitrogens with two attached hydrogens (primary N) is 1. The van der Waals surface area contributed by atoms with Crippen LogP contribution in [0.1, 0.15) is 20.1 Å². The van der Waals surface area contributed by atoms with Crippen LogP contribution in [0.4, 0.5) is 5.82 Å². The Morgan fingerprint density at radius 2 is 2.21 bits per heavy atom. The van der Waals surface area contributed by atoms with Gasteiger partial charge in [-0.3, -0.25) is 4.57 Å². The second-order valence-electron chi connectivity index (χ2n) is 5.63. The molecule has 7 heteroatoms. The molecule has 0 bridgehead atoms. The number of nitrogen functional groups attached to an aromatic ring is 1. The molecule has 2 fully saturated rings. The van der Waals surface area contributed by atoms with Gasteiger partial charge in [0.1, 0.15) is 18.1 Å². The van der Waals surface area contributed by atoms with Crippen molar-refractivity contribution in [3.63, 3.8) is 0 Å². The number of aliphatic hydroxyl groups is 1. The normalized spacial score (nSPS) is 40.6. The Morgan fingerprint density at radius 3 is 2.89 bits per heavy atom. The molecule has 5 atom stereocenters. The lowest BCUT2D eigenvalue weighted by Gasteiger charge is -2.23. The fraction of sp³-hybridized carbons (Fsp3) is 0.583. The fourth-order valence-electron chi connectivity index (χ4n) is 3.16. The van der Waals surface area contributed by atoms with Gasteiger partial charge in [-0.1, -0.05) is 13.8 Å². The van der Waals surface area contributed by atoms with E-state index in [4.69, 9.17) is 10.5 Å². The Kier molecular flexibility index (Phi) is 1.89. The van der Waals surface area contributed by atoms with E-state index in [2.05, 4.69) is 28.8 Å². The van der Waals surface area contributed by atoms with Crippen LogP contribution < -0.4 is 5.73 Å². The molecule has 2 aromatic heterocycles. The summed E-state index contributed by atoms with van der Waals surface area (Å²) in [5.41, 5.74) is 6.87. The van der Waals surface area contributed by atoms with Gasteiger partial charge in [-0.25, -0.2) is 15.0 Å². The molecule has 2 aromatic rings. The highest BCUT2D eigenvalue weighted by atomic mass is 16.5. The molecule has 1 saturated carbocycles. The zero-order valence-electron chi connectivity index (χ0n) is 10.7. The predicted molar refractivity (Wildman–Crippen MR) is 66.9 cm³/mol. The number of fused-ring (bicyclic) bond motifs is 2. The predicted octanol–water partition coefficient (Wildman–Crippen LogP) is 0.323. The zero-order chi connectivity index (χ0) is 13.4. The quantitative estimate of drug-likeness (QED) is 0.767. The Hall–Kier alpha value is -1.73. The first-order valence-corrected chi connectivity index (χ1v) is 6.31. The molecule has 4 rings (SSSR count).